The fraction of sp³-hybridized carbons (Fsp3) is 0.444. The molecule has 116 valence electrons. The van der Waals surface area contributed by atoms with Gasteiger partial charge >= 0.3 is 0 Å². The minimum absolute atomic E-state index is 0.0577. The Labute approximate surface area is 130 Å². The third-order valence-corrected chi connectivity index (χ3v) is 4.19. The molecule has 3 rings (SSSR count). The molecule has 4 nitrogen and oxygen atoms in total. The van der Waals surface area contributed by atoms with Crippen LogP contribution in [0.25, 0.3) is 10.9 Å². The van der Waals surface area contributed by atoms with Crippen molar-refractivity contribution in [3.63, 3.8) is 0 Å². The lowest BCUT2D eigenvalue weighted by Gasteiger charge is -2.20. The predicted molar refractivity (Wildman–Crippen MR) is 87.8 cm³/mol. The quantitative estimate of drug-likeness (QED) is 0.910. The fourth-order valence-corrected chi connectivity index (χ4v) is 2.98. The van der Waals surface area contributed by atoms with E-state index in [1.165, 1.54) is 12.8 Å². The topological polar surface area (TPSA) is 51.2 Å². The fourth-order valence-electron chi connectivity index (χ4n) is 2.98. The van der Waals surface area contributed by atoms with Crippen LogP contribution < -0.4 is 5.32 Å². The molecular weight excluding hydrogens is 276 g/mol. The zero-order valence-corrected chi connectivity index (χ0v) is 12.9. The van der Waals surface area contributed by atoms with Crippen molar-refractivity contribution in [1.29, 1.82) is 0 Å². The summed E-state index contributed by atoms with van der Waals surface area (Å²) >= 11 is 0. The molecule has 1 N–H and O–H groups in total. The number of aromatic nitrogens is 1. The van der Waals surface area contributed by atoms with Gasteiger partial charge in [0.2, 0.25) is 0 Å². The van der Waals surface area contributed by atoms with E-state index in [1.807, 2.05) is 37.3 Å². The van der Waals surface area contributed by atoms with Gasteiger partial charge in [-0.15, -0.1) is 0 Å². The minimum atomic E-state index is -0.368. The summed E-state index contributed by atoms with van der Waals surface area (Å²) in [7, 11) is 0. The van der Waals surface area contributed by atoms with Crippen molar-refractivity contribution in [1.82, 2.24) is 4.98 Å². The zero-order chi connectivity index (χ0) is 15.4. The number of hydrogen-bond donors (Lipinski definition) is 1. The van der Waals surface area contributed by atoms with Crippen molar-refractivity contribution in [3.8, 4) is 0 Å². The predicted octanol–water partition coefficient (Wildman–Crippen LogP) is 3.91. The van der Waals surface area contributed by atoms with E-state index in [0.717, 1.165) is 29.4 Å². The zero-order valence-electron chi connectivity index (χ0n) is 12.9. The largest absolute Gasteiger partial charge is 0.365 e. The molecule has 1 fully saturated rings. The molecule has 0 aliphatic heterocycles. The standard InChI is InChI=1S/C18H22N2O2/c1-2-17(22-15-7-3-4-8-15)18(21)20-14-9-10-16-13(12-14)6-5-11-19-16/h5-6,9-12,15,17H,2-4,7-8H2,1H3,(H,20,21). The number of amides is 1. The highest BCUT2D eigenvalue weighted by atomic mass is 16.5. The number of benzene rings is 1. The van der Waals surface area contributed by atoms with Crippen LogP contribution in [0, 0.1) is 0 Å². The Balaban J connectivity index is 1.67. The van der Waals surface area contributed by atoms with Crippen LogP contribution in [0.3, 0.4) is 0 Å². The van der Waals surface area contributed by atoms with E-state index in [2.05, 4.69) is 10.3 Å². The van der Waals surface area contributed by atoms with Crippen LogP contribution in [0.5, 0.6) is 0 Å². The van der Waals surface area contributed by atoms with Gasteiger partial charge in [0.25, 0.3) is 5.91 Å². The number of fused-ring (bicyclic) bond motifs is 1. The summed E-state index contributed by atoms with van der Waals surface area (Å²) in [5.74, 6) is -0.0577. The normalized spacial score (nSPS) is 16.8. The highest BCUT2D eigenvalue weighted by molar-refractivity contribution is 5.96. The summed E-state index contributed by atoms with van der Waals surface area (Å²) in [4.78, 5) is 16.7. The lowest BCUT2D eigenvalue weighted by atomic mass is 10.2. The maximum absolute atomic E-state index is 12.4. The molecule has 1 aliphatic rings. The van der Waals surface area contributed by atoms with Gasteiger partial charge in [0.1, 0.15) is 6.10 Å². The molecular formula is C18H22N2O2. The van der Waals surface area contributed by atoms with Crippen LogP contribution in [0.2, 0.25) is 0 Å². The molecule has 1 heterocycles. The van der Waals surface area contributed by atoms with Gasteiger partial charge < -0.3 is 10.1 Å². The van der Waals surface area contributed by atoms with Gasteiger partial charge in [-0.1, -0.05) is 25.8 Å². The van der Waals surface area contributed by atoms with Crippen LogP contribution in [0.4, 0.5) is 5.69 Å². The third kappa shape index (κ3) is 3.45. The molecule has 22 heavy (non-hydrogen) atoms. The van der Waals surface area contributed by atoms with Crippen molar-refractivity contribution in [2.75, 3.05) is 5.32 Å². The molecule has 0 spiro atoms. The van der Waals surface area contributed by atoms with E-state index in [0.29, 0.717) is 6.42 Å². The molecule has 1 aromatic heterocycles. The van der Waals surface area contributed by atoms with Crippen molar-refractivity contribution >= 4 is 22.5 Å². The second kappa shape index (κ2) is 6.88. The number of nitrogens with one attached hydrogen (secondary N) is 1. The maximum Gasteiger partial charge on any atom is 0.253 e. The van der Waals surface area contributed by atoms with Crippen molar-refractivity contribution in [2.24, 2.45) is 0 Å². The second-order valence-corrected chi connectivity index (χ2v) is 5.84. The molecule has 0 radical (unpaired) electrons. The van der Waals surface area contributed by atoms with Crippen LogP contribution >= 0.6 is 0 Å². The lowest BCUT2D eigenvalue weighted by molar-refractivity contribution is -0.131. The molecule has 0 saturated heterocycles. The molecule has 1 aliphatic carbocycles. The van der Waals surface area contributed by atoms with Crippen LogP contribution in [-0.4, -0.2) is 23.1 Å². The van der Waals surface area contributed by atoms with Crippen molar-refractivity contribution < 1.29 is 9.53 Å². The number of pyridine rings is 1. The summed E-state index contributed by atoms with van der Waals surface area (Å²) in [5.41, 5.74) is 1.72. The Morgan fingerprint density at radius 3 is 2.95 bits per heavy atom. The monoisotopic (exact) mass is 298 g/mol. The number of carbonyl (C=O) groups excluding carboxylic acids is 1. The van der Waals surface area contributed by atoms with Gasteiger partial charge in [-0.2, -0.15) is 0 Å². The summed E-state index contributed by atoms with van der Waals surface area (Å²) < 4.78 is 5.96. The van der Waals surface area contributed by atoms with E-state index in [-0.39, 0.29) is 18.1 Å². The second-order valence-electron chi connectivity index (χ2n) is 5.84. The molecule has 2 aromatic rings. The summed E-state index contributed by atoms with van der Waals surface area (Å²) in [6, 6.07) is 9.64. The number of ether oxygens (including phenoxy) is 1. The van der Waals surface area contributed by atoms with E-state index < -0.39 is 0 Å². The first kappa shape index (κ1) is 15.0. The van der Waals surface area contributed by atoms with E-state index in [4.69, 9.17) is 4.74 Å². The molecule has 4 heteroatoms. The Morgan fingerprint density at radius 1 is 1.36 bits per heavy atom. The highest BCUT2D eigenvalue weighted by Crippen LogP contribution is 2.24. The lowest BCUT2D eigenvalue weighted by Crippen LogP contribution is -2.32. The number of nitrogens with zero attached hydrogens (tertiary/aromatic N) is 1. The number of rotatable bonds is 5. The van der Waals surface area contributed by atoms with Gasteiger partial charge in [0, 0.05) is 17.3 Å². The maximum atomic E-state index is 12.4. The molecule has 1 amide bonds. The molecule has 0 bridgehead atoms. The Bertz CT molecular complexity index is 650. The average Bonchev–Trinajstić information content (AvgIpc) is 3.05. The first-order valence-corrected chi connectivity index (χ1v) is 8.07. The van der Waals surface area contributed by atoms with Crippen LogP contribution in [-0.2, 0) is 9.53 Å². The van der Waals surface area contributed by atoms with Crippen molar-refractivity contribution in [2.45, 2.75) is 51.2 Å². The Morgan fingerprint density at radius 2 is 2.18 bits per heavy atom. The van der Waals surface area contributed by atoms with E-state index in [9.17, 15) is 4.79 Å². The van der Waals surface area contributed by atoms with Crippen molar-refractivity contribution in [3.05, 3.63) is 36.5 Å². The third-order valence-electron chi connectivity index (χ3n) is 4.19. The highest BCUT2D eigenvalue weighted by Gasteiger charge is 2.24. The molecule has 1 unspecified atom stereocenters. The van der Waals surface area contributed by atoms with Crippen LogP contribution in [0.15, 0.2) is 36.5 Å². The summed E-state index contributed by atoms with van der Waals surface area (Å²) in [6.07, 6.45) is 6.90. The number of hydrogen-bond acceptors (Lipinski definition) is 3. The van der Waals surface area contributed by atoms with E-state index in [1.54, 1.807) is 6.20 Å². The van der Waals surface area contributed by atoms with Gasteiger partial charge in [0.15, 0.2) is 0 Å². The first-order valence-electron chi connectivity index (χ1n) is 8.07. The summed E-state index contributed by atoms with van der Waals surface area (Å²) in [6.45, 7) is 1.99. The smallest absolute Gasteiger partial charge is 0.253 e. The number of carbonyl (C=O) groups is 1. The average molecular weight is 298 g/mol. The Kier molecular flexibility index (Phi) is 4.68. The minimum Gasteiger partial charge on any atom is -0.365 e. The Hall–Kier alpha value is -1.94. The first-order chi connectivity index (χ1) is 10.8. The van der Waals surface area contributed by atoms with Gasteiger partial charge in [-0.3, -0.25) is 9.78 Å². The van der Waals surface area contributed by atoms with Gasteiger partial charge in [0.05, 0.1) is 11.6 Å². The SMILES string of the molecule is CCC(OC1CCCC1)C(=O)Nc1ccc2ncccc2c1. The van der Waals surface area contributed by atoms with Gasteiger partial charge in [-0.25, -0.2) is 0 Å². The van der Waals surface area contributed by atoms with Crippen LogP contribution in [0.1, 0.15) is 39.0 Å². The molecule has 1 atom stereocenters. The number of anilines is 1. The molecule has 1 aromatic carbocycles. The molecule has 1 saturated carbocycles. The summed E-state index contributed by atoms with van der Waals surface area (Å²) in [5, 5.41) is 3.99. The van der Waals surface area contributed by atoms with Gasteiger partial charge in [-0.05, 0) is 43.5 Å². The van der Waals surface area contributed by atoms with E-state index >= 15 is 0 Å².